The van der Waals surface area contributed by atoms with Gasteiger partial charge < -0.3 is 16.4 Å². The van der Waals surface area contributed by atoms with Crippen LogP contribution in [0.2, 0.25) is 0 Å². The smallest absolute Gasteiger partial charge is 0.224 e. The Hall–Kier alpha value is -1.10. The highest BCUT2D eigenvalue weighted by Gasteiger charge is 2.36. The first kappa shape index (κ1) is 12.4. The predicted molar refractivity (Wildman–Crippen MR) is 63.9 cm³/mol. The summed E-state index contributed by atoms with van der Waals surface area (Å²) in [5, 5.41) is 0. The molecule has 0 atom stereocenters. The first-order chi connectivity index (χ1) is 8.00. The minimum atomic E-state index is -0.252. The molecule has 96 valence electrons. The Balaban J connectivity index is 1.80. The van der Waals surface area contributed by atoms with E-state index in [1.165, 1.54) is 0 Å². The molecule has 1 aliphatic heterocycles. The van der Waals surface area contributed by atoms with E-state index in [9.17, 15) is 9.59 Å². The summed E-state index contributed by atoms with van der Waals surface area (Å²) < 4.78 is 0. The Bertz CT molecular complexity index is 318. The molecule has 1 saturated heterocycles. The molecule has 0 aromatic carbocycles. The maximum absolute atomic E-state index is 12.0. The zero-order chi connectivity index (χ0) is 12.5. The summed E-state index contributed by atoms with van der Waals surface area (Å²) in [5.74, 6) is -0.170. The van der Waals surface area contributed by atoms with Crippen molar-refractivity contribution < 1.29 is 9.59 Å². The number of carbonyl (C=O) groups is 2. The molecule has 5 heteroatoms. The van der Waals surface area contributed by atoms with E-state index in [2.05, 4.69) is 0 Å². The van der Waals surface area contributed by atoms with E-state index in [0.717, 1.165) is 19.3 Å². The number of piperidine rings is 1. The van der Waals surface area contributed by atoms with E-state index in [4.69, 9.17) is 11.5 Å². The standard InChI is InChI=1S/C12H21N3O2/c13-11(17)9-2-6-15(7-3-9)10(16)8-12(14)4-1-5-12/h9H,1-8,14H2,(H2,13,17). The molecule has 2 fully saturated rings. The monoisotopic (exact) mass is 239 g/mol. The summed E-state index contributed by atoms with van der Waals surface area (Å²) in [6.45, 7) is 1.28. The number of rotatable bonds is 3. The fourth-order valence-electron chi connectivity index (χ4n) is 2.63. The number of amides is 2. The molecule has 0 unspecified atom stereocenters. The third-order valence-corrected chi connectivity index (χ3v) is 4.10. The second-order valence-electron chi connectivity index (χ2n) is 5.45. The largest absolute Gasteiger partial charge is 0.369 e. The van der Waals surface area contributed by atoms with Crippen molar-refractivity contribution in [3.05, 3.63) is 0 Å². The zero-order valence-corrected chi connectivity index (χ0v) is 10.2. The van der Waals surface area contributed by atoms with Crippen LogP contribution in [0.1, 0.15) is 38.5 Å². The molecule has 0 bridgehead atoms. The number of primary amides is 1. The summed E-state index contributed by atoms with van der Waals surface area (Å²) in [4.78, 5) is 24.9. The van der Waals surface area contributed by atoms with E-state index >= 15 is 0 Å². The summed E-state index contributed by atoms with van der Waals surface area (Å²) in [6, 6.07) is 0. The van der Waals surface area contributed by atoms with Crippen molar-refractivity contribution in [1.82, 2.24) is 4.90 Å². The Kier molecular flexibility index (Phi) is 3.38. The number of nitrogens with zero attached hydrogens (tertiary/aromatic N) is 1. The minimum absolute atomic E-state index is 0.0606. The predicted octanol–water partition coefficient (Wildman–Crippen LogP) is -0.0182. The van der Waals surface area contributed by atoms with Gasteiger partial charge in [-0.3, -0.25) is 9.59 Å². The minimum Gasteiger partial charge on any atom is -0.369 e. The first-order valence-electron chi connectivity index (χ1n) is 6.36. The molecule has 4 N–H and O–H groups in total. The Morgan fingerprint density at radius 2 is 1.82 bits per heavy atom. The maximum atomic E-state index is 12.0. The van der Waals surface area contributed by atoms with Crippen molar-refractivity contribution in [2.75, 3.05) is 13.1 Å². The quantitative estimate of drug-likeness (QED) is 0.725. The zero-order valence-electron chi connectivity index (χ0n) is 10.2. The summed E-state index contributed by atoms with van der Waals surface area (Å²) in [5.41, 5.74) is 11.1. The van der Waals surface area contributed by atoms with Gasteiger partial charge in [-0.15, -0.1) is 0 Å². The molecule has 1 saturated carbocycles. The maximum Gasteiger partial charge on any atom is 0.224 e. The van der Waals surface area contributed by atoms with Gasteiger partial charge in [0, 0.05) is 31.0 Å². The first-order valence-corrected chi connectivity index (χ1v) is 6.36. The molecular formula is C12H21N3O2. The van der Waals surface area contributed by atoms with Gasteiger partial charge in [0.25, 0.3) is 0 Å². The van der Waals surface area contributed by atoms with Crippen LogP contribution in [0.3, 0.4) is 0 Å². The molecule has 2 amide bonds. The van der Waals surface area contributed by atoms with E-state index < -0.39 is 0 Å². The topological polar surface area (TPSA) is 89.4 Å². The molecule has 0 aromatic rings. The van der Waals surface area contributed by atoms with Gasteiger partial charge in [0.1, 0.15) is 0 Å². The summed E-state index contributed by atoms with van der Waals surface area (Å²) >= 11 is 0. The molecule has 17 heavy (non-hydrogen) atoms. The molecule has 0 spiro atoms. The molecule has 1 aliphatic carbocycles. The number of hydrogen-bond donors (Lipinski definition) is 2. The van der Waals surface area contributed by atoms with Crippen molar-refractivity contribution in [3.8, 4) is 0 Å². The van der Waals surface area contributed by atoms with Crippen molar-refractivity contribution >= 4 is 11.8 Å². The van der Waals surface area contributed by atoms with Crippen molar-refractivity contribution in [1.29, 1.82) is 0 Å². The third-order valence-electron chi connectivity index (χ3n) is 4.10. The fraction of sp³-hybridized carbons (Fsp3) is 0.833. The van der Waals surface area contributed by atoms with Gasteiger partial charge in [-0.1, -0.05) is 0 Å². The van der Waals surface area contributed by atoms with Gasteiger partial charge >= 0.3 is 0 Å². The van der Waals surface area contributed by atoms with Gasteiger partial charge in [0.15, 0.2) is 0 Å². The normalized spacial score (nSPS) is 24.2. The molecule has 0 aromatic heterocycles. The average molecular weight is 239 g/mol. The fourth-order valence-corrected chi connectivity index (χ4v) is 2.63. The van der Waals surface area contributed by atoms with E-state index in [-0.39, 0.29) is 23.3 Å². The van der Waals surface area contributed by atoms with Crippen LogP contribution in [0.4, 0.5) is 0 Å². The summed E-state index contributed by atoms with van der Waals surface area (Å²) in [6.07, 6.45) is 4.88. The van der Waals surface area contributed by atoms with Crippen LogP contribution in [-0.2, 0) is 9.59 Å². The second kappa shape index (κ2) is 4.64. The lowest BCUT2D eigenvalue weighted by atomic mass is 9.75. The van der Waals surface area contributed by atoms with Crippen LogP contribution >= 0.6 is 0 Å². The van der Waals surface area contributed by atoms with Crippen molar-refractivity contribution in [3.63, 3.8) is 0 Å². The van der Waals surface area contributed by atoms with Gasteiger partial charge in [0.05, 0.1) is 0 Å². The van der Waals surface area contributed by atoms with Crippen LogP contribution in [0.25, 0.3) is 0 Å². The third kappa shape index (κ3) is 2.77. The molecule has 2 aliphatic rings. The SMILES string of the molecule is NC(=O)C1CCN(C(=O)CC2(N)CCC2)CC1. The molecular weight excluding hydrogens is 218 g/mol. The molecule has 0 radical (unpaired) electrons. The number of likely N-dealkylation sites (tertiary alicyclic amines) is 1. The van der Waals surface area contributed by atoms with E-state index in [1.807, 2.05) is 4.90 Å². The van der Waals surface area contributed by atoms with Gasteiger partial charge in [0.2, 0.25) is 11.8 Å². The highest BCUT2D eigenvalue weighted by molar-refractivity contribution is 5.79. The lowest BCUT2D eigenvalue weighted by molar-refractivity contribution is -0.136. The number of hydrogen-bond acceptors (Lipinski definition) is 3. The van der Waals surface area contributed by atoms with E-state index in [1.54, 1.807) is 0 Å². The molecule has 2 rings (SSSR count). The van der Waals surface area contributed by atoms with Crippen LogP contribution in [-0.4, -0.2) is 35.3 Å². The highest BCUT2D eigenvalue weighted by atomic mass is 16.2. The Morgan fingerprint density at radius 1 is 1.24 bits per heavy atom. The Labute approximate surface area is 102 Å². The highest BCUT2D eigenvalue weighted by Crippen LogP contribution is 2.33. The lowest BCUT2D eigenvalue weighted by Crippen LogP contribution is -2.51. The van der Waals surface area contributed by atoms with Crippen molar-refractivity contribution in [2.45, 2.75) is 44.1 Å². The van der Waals surface area contributed by atoms with Gasteiger partial charge in [-0.05, 0) is 32.1 Å². The van der Waals surface area contributed by atoms with Crippen LogP contribution in [0, 0.1) is 5.92 Å². The van der Waals surface area contributed by atoms with Crippen LogP contribution < -0.4 is 11.5 Å². The number of carbonyl (C=O) groups excluding carboxylic acids is 2. The lowest BCUT2D eigenvalue weighted by Gasteiger charge is -2.40. The number of nitrogens with two attached hydrogens (primary N) is 2. The van der Waals surface area contributed by atoms with Crippen molar-refractivity contribution in [2.24, 2.45) is 17.4 Å². The molecule has 5 nitrogen and oxygen atoms in total. The van der Waals surface area contributed by atoms with Crippen LogP contribution in [0.5, 0.6) is 0 Å². The average Bonchev–Trinajstić information content (AvgIpc) is 2.27. The Morgan fingerprint density at radius 3 is 2.24 bits per heavy atom. The van der Waals surface area contributed by atoms with E-state index in [0.29, 0.717) is 32.4 Å². The summed E-state index contributed by atoms with van der Waals surface area (Å²) in [7, 11) is 0. The second-order valence-corrected chi connectivity index (χ2v) is 5.45. The molecule has 1 heterocycles. The van der Waals surface area contributed by atoms with Gasteiger partial charge in [-0.25, -0.2) is 0 Å². The van der Waals surface area contributed by atoms with Gasteiger partial charge in [-0.2, -0.15) is 0 Å². The van der Waals surface area contributed by atoms with Crippen LogP contribution in [0.15, 0.2) is 0 Å².